The molecule has 0 radical (unpaired) electrons. The molecule has 1 atom stereocenters. The number of allylic oxidation sites excluding steroid dienone is 1. The minimum absolute atomic E-state index is 0.168. The molecule has 0 aliphatic heterocycles. The fourth-order valence-corrected chi connectivity index (χ4v) is 1.45. The van der Waals surface area contributed by atoms with Gasteiger partial charge in [-0.2, -0.15) is 0 Å². The van der Waals surface area contributed by atoms with E-state index in [9.17, 15) is 0 Å². The first-order valence-electron chi connectivity index (χ1n) is 5.33. The number of benzene rings is 1. The van der Waals surface area contributed by atoms with Gasteiger partial charge in [0.25, 0.3) is 0 Å². The minimum Gasteiger partial charge on any atom is -0.490 e. The molecule has 2 nitrogen and oxygen atoms in total. The smallest absolute Gasteiger partial charge is 0.123 e. The van der Waals surface area contributed by atoms with Crippen molar-refractivity contribution in [2.75, 3.05) is 6.54 Å². The van der Waals surface area contributed by atoms with Gasteiger partial charge in [-0.3, -0.25) is 0 Å². The summed E-state index contributed by atoms with van der Waals surface area (Å²) >= 11 is 0. The van der Waals surface area contributed by atoms with E-state index in [-0.39, 0.29) is 6.10 Å². The molecule has 0 amide bonds. The molecule has 0 saturated heterocycles. The third-order valence-electron chi connectivity index (χ3n) is 2.24. The summed E-state index contributed by atoms with van der Waals surface area (Å²) < 4.78 is 5.81. The molecule has 1 rings (SSSR count). The fraction of sp³-hybridized carbons (Fsp3) is 0.385. The molecule has 0 aliphatic rings. The number of rotatable bonds is 6. The number of nitrogens with two attached hydrogens (primary N) is 1. The number of hydrogen-bond donors (Lipinski definition) is 1. The Bertz CT molecular complexity index is 309. The van der Waals surface area contributed by atoms with Gasteiger partial charge in [0, 0.05) is 0 Å². The van der Waals surface area contributed by atoms with Crippen LogP contribution in [0.3, 0.4) is 0 Å². The third kappa shape index (κ3) is 3.76. The zero-order chi connectivity index (χ0) is 11.1. The van der Waals surface area contributed by atoms with Gasteiger partial charge in [0.1, 0.15) is 5.75 Å². The molecule has 1 aromatic rings. The predicted octanol–water partition coefficient (Wildman–Crippen LogP) is 2.53. The Morgan fingerprint density at radius 2 is 2.20 bits per heavy atom. The van der Waals surface area contributed by atoms with Crippen molar-refractivity contribution in [2.24, 2.45) is 5.73 Å². The largest absolute Gasteiger partial charge is 0.490 e. The van der Waals surface area contributed by atoms with E-state index in [2.05, 4.69) is 12.6 Å². The first-order chi connectivity index (χ1) is 7.27. The van der Waals surface area contributed by atoms with Gasteiger partial charge in [0.15, 0.2) is 0 Å². The van der Waals surface area contributed by atoms with Crippen LogP contribution >= 0.6 is 0 Å². The lowest BCUT2D eigenvalue weighted by molar-refractivity contribution is 0.212. The van der Waals surface area contributed by atoms with Crippen LogP contribution in [0.25, 0.3) is 0 Å². The molecule has 1 aromatic carbocycles. The van der Waals surface area contributed by atoms with E-state index in [1.54, 1.807) is 0 Å². The summed E-state index contributed by atoms with van der Waals surface area (Å²) in [5.74, 6) is 0.943. The van der Waals surface area contributed by atoms with E-state index in [1.807, 2.05) is 31.2 Å². The van der Waals surface area contributed by atoms with Crippen LogP contribution in [-0.4, -0.2) is 12.6 Å². The summed E-state index contributed by atoms with van der Waals surface area (Å²) in [5, 5.41) is 0. The van der Waals surface area contributed by atoms with Crippen LogP contribution < -0.4 is 10.5 Å². The van der Waals surface area contributed by atoms with Crippen molar-refractivity contribution >= 4 is 0 Å². The lowest BCUT2D eigenvalue weighted by Gasteiger charge is -2.16. The van der Waals surface area contributed by atoms with Crippen molar-refractivity contribution in [1.82, 2.24) is 0 Å². The maximum atomic E-state index is 5.81. The van der Waals surface area contributed by atoms with Gasteiger partial charge in [0.2, 0.25) is 0 Å². The molecule has 0 aliphatic carbocycles. The lowest BCUT2D eigenvalue weighted by Crippen LogP contribution is -2.17. The van der Waals surface area contributed by atoms with E-state index >= 15 is 0 Å². The van der Waals surface area contributed by atoms with Gasteiger partial charge in [-0.15, -0.1) is 6.58 Å². The molecule has 0 bridgehead atoms. The zero-order valence-electron chi connectivity index (χ0n) is 9.28. The topological polar surface area (TPSA) is 35.2 Å². The molecule has 0 fully saturated rings. The molecule has 15 heavy (non-hydrogen) atoms. The van der Waals surface area contributed by atoms with Crippen LogP contribution in [0, 0.1) is 0 Å². The Morgan fingerprint density at radius 1 is 1.47 bits per heavy atom. The van der Waals surface area contributed by atoms with Gasteiger partial charge in [-0.1, -0.05) is 24.3 Å². The van der Waals surface area contributed by atoms with Crippen molar-refractivity contribution in [1.29, 1.82) is 0 Å². The summed E-state index contributed by atoms with van der Waals surface area (Å²) in [6.07, 6.45) is 3.77. The second-order valence-corrected chi connectivity index (χ2v) is 3.61. The van der Waals surface area contributed by atoms with Crippen LogP contribution in [0.2, 0.25) is 0 Å². The highest BCUT2D eigenvalue weighted by molar-refractivity contribution is 5.34. The van der Waals surface area contributed by atoms with Crippen LogP contribution in [0.15, 0.2) is 36.9 Å². The normalized spacial score (nSPS) is 12.1. The highest BCUT2D eigenvalue weighted by atomic mass is 16.5. The van der Waals surface area contributed by atoms with Gasteiger partial charge >= 0.3 is 0 Å². The Labute approximate surface area is 91.7 Å². The Morgan fingerprint density at radius 3 is 2.87 bits per heavy atom. The number of ether oxygens (including phenoxy) is 1. The summed E-state index contributed by atoms with van der Waals surface area (Å²) in [6, 6.07) is 8.05. The average molecular weight is 205 g/mol. The summed E-state index contributed by atoms with van der Waals surface area (Å²) in [4.78, 5) is 0. The SMILES string of the molecule is C=CCc1ccccc1OC(C)CCN. The standard InChI is InChI=1S/C13H19NO/c1-3-6-12-7-4-5-8-13(12)15-11(2)9-10-14/h3-5,7-8,11H,1,6,9-10,14H2,2H3. The number of hydrogen-bond acceptors (Lipinski definition) is 2. The number of para-hydroxylation sites is 1. The van der Waals surface area contributed by atoms with E-state index in [0.717, 1.165) is 18.6 Å². The Kier molecular flexibility index (Phi) is 4.91. The molecule has 2 heteroatoms. The summed E-state index contributed by atoms with van der Waals surface area (Å²) in [5.41, 5.74) is 6.66. The van der Waals surface area contributed by atoms with E-state index in [1.165, 1.54) is 5.56 Å². The predicted molar refractivity (Wildman–Crippen MR) is 64.1 cm³/mol. The molecule has 2 N–H and O–H groups in total. The highest BCUT2D eigenvalue weighted by Crippen LogP contribution is 2.20. The minimum atomic E-state index is 0.168. The highest BCUT2D eigenvalue weighted by Gasteiger charge is 2.05. The van der Waals surface area contributed by atoms with Crippen molar-refractivity contribution in [3.05, 3.63) is 42.5 Å². The Balaban J connectivity index is 2.70. The molecule has 0 heterocycles. The third-order valence-corrected chi connectivity index (χ3v) is 2.24. The van der Waals surface area contributed by atoms with Gasteiger partial charge in [-0.05, 0) is 37.9 Å². The fourth-order valence-electron chi connectivity index (χ4n) is 1.45. The second-order valence-electron chi connectivity index (χ2n) is 3.61. The van der Waals surface area contributed by atoms with E-state index in [4.69, 9.17) is 10.5 Å². The lowest BCUT2D eigenvalue weighted by atomic mass is 10.1. The van der Waals surface area contributed by atoms with Crippen LogP contribution in [0.1, 0.15) is 18.9 Å². The molecule has 0 aromatic heterocycles. The first kappa shape index (κ1) is 11.8. The van der Waals surface area contributed by atoms with Crippen molar-refractivity contribution in [3.63, 3.8) is 0 Å². The molecule has 0 saturated carbocycles. The van der Waals surface area contributed by atoms with Crippen molar-refractivity contribution < 1.29 is 4.74 Å². The van der Waals surface area contributed by atoms with Crippen LogP contribution in [0.4, 0.5) is 0 Å². The van der Waals surface area contributed by atoms with E-state index < -0.39 is 0 Å². The zero-order valence-corrected chi connectivity index (χ0v) is 9.28. The first-order valence-corrected chi connectivity index (χ1v) is 5.33. The van der Waals surface area contributed by atoms with E-state index in [0.29, 0.717) is 6.54 Å². The second kappa shape index (κ2) is 6.25. The quantitative estimate of drug-likeness (QED) is 0.724. The van der Waals surface area contributed by atoms with Crippen molar-refractivity contribution in [2.45, 2.75) is 25.9 Å². The molecular formula is C13H19NO. The molecule has 0 spiro atoms. The Hall–Kier alpha value is -1.28. The van der Waals surface area contributed by atoms with Gasteiger partial charge < -0.3 is 10.5 Å². The van der Waals surface area contributed by atoms with Crippen LogP contribution in [0.5, 0.6) is 5.75 Å². The molecule has 82 valence electrons. The van der Waals surface area contributed by atoms with Crippen molar-refractivity contribution in [3.8, 4) is 5.75 Å². The summed E-state index contributed by atoms with van der Waals surface area (Å²) in [7, 11) is 0. The van der Waals surface area contributed by atoms with Gasteiger partial charge in [-0.25, -0.2) is 0 Å². The molecule has 1 unspecified atom stereocenters. The maximum Gasteiger partial charge on any atom is 0.123 e. The van der Waals surface area contributed by atoms with Crippen LogP contribution in [-0.2, 0) is 6.42 Å². The average Bonchev–Trinajstić information content (AvgIpc) is 2.21. The molecular weight excluding hydrogens is 186 g/mol. The maximum absolute atomic E-state index is 5.81. The summed E-state index contributed by atoms with van der Waals surface area (Å²) in [6.45, 7) is 6.43. The monoisotopic (exact) mass is 205 g/mol. The van der Waals surface area contributed by atoms with Gasteiger partial charge in [0.05, 0.1) is 6.10 Å².